The maximum Gasteiger partial charge on any atom is 0.497 e. The molecule has 0 aliphatic carbocycles. The van der Waals surface area contributed by atoms with Gasteiger partial charge in [0.25, 0.3) is 0 Å². The minimum absolute atomic E-state index is 0.0648. The Kier molecular flexibility index (Phi) is 4.73. The van der Waals surface area contributed by atoms with Crippen molar-refractivity contribution in [1.82, 2.24) is 29.8 Å². The molecule has 0 radical (unpaired) electrons. The van der Waals surface area contributed by atoms with Gasteiger partial charge in [-0.3, -0.25) is 10.4 Å². The molecule has 1 unspecified atom stereocenters. The Morgan fingerprint density at radius 2 is 1.91 bits per heavy atom. The standard InChI is InChI=1S/C16H11F5N9O2/c1-6-24-13(22)28-14(25-6)30(32-12(31)16(19,20)21)10-5-8(18)7(17)4-9(10)26-15(30)27-11-2-3-23-29-11/h2-5H,1H3,(H2,22,24,25,28)(H2,23,26,27,29)/q+1. The molecule has 2 aromatic heterocycles. The van der Waals surface area contributed by atoms with Gasteiger partial charge in [0, 0.05) is 22.8 Å². The lowest BCUT2D eigenvalue weighted by atomic mass is 10.2. The van der Waals surface area contributed by atoms with Crippen LogP contribution in [0, 0.1) is 18.6 Å². The number of hydrogen-bond acceptors (Lipinski definition) is 9. The van der Waals surface area contributed by atoms with E-state index in [-0.39, 0.29) is 17.3 Å². The maximum absolute atomic E-state index is 14.2. The highest BCUT2D eigenvalue weighted by atomic mass is 19.4. The number of aromatic amines is 1. The number of H-pyrrole nitrogens is 1. The Labute approximate surface area is 174 Å². The molecule has 4 N–H and O–H groups in total. The molecule has 1 aromatic carbocycles. The number of nitrogens with one attached hydrogen (secondary N) is 2. The summed E-state index contributed by atoms with van der Waals surface area (Å²) in [6.07, 6.45) is -4.18. The van der Waals surface area contributed by atoms with Crippen molar-refractivity contribution in [2.24, 2.45) is 4.99 Å². The molecule has 1 aliphatic rings. The molecule has 0 spiro atoms. The molecular formula is C16H11F5N9O2+. The van der Waals surface area contributed by atoms with E-state index in [4.69, 9.17) is 10.6 Å². The van der Waals surface area contributed by atoms with E-state index in [1.165, 1.54) is 19.2 Å². The van der Waals surface area contributed by atoms with Gasteiger partial charge >= 0.3 is 24.1 Å². The quantitative estimate of drug-likeness (QED) is 0.403. The topological polar surface area (TPSA) is 144 Å². The number of nitrogen functional groups attached to an aromatic ring is 1. The fourth-order valence-corrected chi connectivity index (χ4v) is 2.86. The number of guanidine groups is 1. The van der Waals surface area contributed by atoms with Gasteiger partial charge < -0.3 is 5.73 Å². The van der Waals surface area contributed by atoms with Crippen LogP contribution >= 0.6 is 0 Å². The van der Waals surface area contributed by atoms with Gasteiger partial charge in [-0.1, -0.05) is 0 Å². The number of carbonyl (C=O) groups is 1. The van der Waals surface area contributed by atoms with Crippen LogP contribution in [-0.2, 0) is 9.63 Å². The summed E-state index contributed by atoms with van der Waals surface area (Å²) in [6.45, 7) is 1.34. The van der Waals surface area contributed by atoms with E-state index >= 15 is 0 Å². The largest absolute Gasteiger partial charge is 0.497 e. The first-order valence-electron chi connectivity index (χ1n) is 8.54. The van der Waals surface area contributed by atoms with Crippen molar-refractivity contribution >= 4 is 41.0 Å². The molecule has 1 atom stereocenters. The molecular weight excluding hydrogens is 445 g/mol. The zero-order valence-corrected chi connectivity index (χ0v) is 15.8. The number of nitrogens with two attached hydrogens (primary N) is 1. The fraction of sp³-hybridized carbons (Fsp3) is 0.125. The van der Waals surface area contributed by atoms with Gasteiger partial charge in [-0.25, -0.2) is 18.4 Å². The lowest BCUT2D eigenvalue weighted by Crippen LogP contribution is -2.55. The van der Waals surface area contributed by atoms with E-state index in [0.29, 0.717) is 12.1 Å². The number of benzene rings is 1. The number of alkyl halides is 3. The number of halogens is 5. The number of carbonyl (C=O) groups excluding carboxylic acids is 1. The van der Waals surface area contributed by atoms with Crippen LogP contribution < -0.4 is 15.7 Å². The average molecular weight is 456 g/mol. The molecule has 0 bridgehead atoms. The summed E-state index contributed by atoms with van der Waals surface area (Å²) in [5.74, 6) is -7.16. The van der Waals surface area contributed by atoms with Crippen molar-refractivity contribution < 1.29 is 31.6 Å². The first-order valence-corrected chi connectivity index (χ1v) is 8.54. The Hall–Kier alpha value is -4.21. The van der Waals surface area contributed by atoms with E-state index in [0.717, 1.165) is 0 Å². The molecule has 166 valence electrons. The second kappa shape index (κ2) is 7.19. The van der Waals surface area contributed by atoms with Crippen molar-refractivity contribution in [3.63, 3.8) is 0 Å². The summed E-state index contributed by atoms with van der Waals surface area (Å²) in [4.78, 5) is 32.1. The SMILES string of the molecule is Cc1nc(N)nc([N+]2(OC(=O)C(F)(F)F)C(Nc3ccn[nH]3)=Nc3cc(F)c(F)cc32)n1. The number of anilines is 2. The number of rotatable bonds is 3. The smallest absolute Gasteiger partial charge is 0.368 e. The van der Waals surface area contributed by atoms with Gasteiger partial charge in [-0.15, -0.1) is 4.98 Å². The molecule has 0 fully saturated rings. The minimum atomic E-state index is -5.47. The third-order valence-electron chi connectivity index (χ3n) is 4.11. The van der Waals surface area contributed by atoms with Gasteiger partial charge in [-0.2, -0.15) is 33.2 Å². The number of aliphatic imine (C=N–C) groups is 1. The van der Waals surface area contributed by atoms with Crippen LogP contribution in [0.2, 0.25) is 0 Å². The van der Waals surface area contributed by atoms with E-state index in [1.54, 1.807) is 0 Å². The van der Waals surface area contributed by atoms with Gasteiger partial charge in [0.15, 0.2) is 11.6 Å². The third kappa shape index (κ3) is 3.45. The zero-order valence-electron chi connectivity index (χ0n) is 15.8. The Bertz CT molecular complexity index is 1230. The van der Waals surface area contributed by atoms with Crippen LogP contribution in [0.15, 0.2) is 29.4 Å². The van der Waals surface area contributed by atoms with Gasteiger partial charge in [0.05, 0.1) is 6.20 Å². The van der Waals surface area contributed by atoms with E-state index < -0.39 is 52.0 Å². The van der Waals surface area contributed by atoms with Crippen molar-refractivity contribution in [2.45, 2.75) is 13.1 Å². The summed E-state index contributed by atoms with van der Waals surface area (Å²) >= 11 is 0. The number of aromatic nitrogens is 5. The van der Waals surface area contributed by atoms with Crippen LogP contribution in [0.4, 0.5) is 51.0 Å². The predicted molar refractivity (Wildman–Crippen MR) is 98.2 cm³/mol. The van der Waals surface area contributed by atoms with Crippen LogP contribution in [0.25, 0.3) is 0 Å². The first-order chi connectivity index (χ1) is 15.0. The van der Waals surface area contributed by atoms with Crippen molar-refractivity contribution in [1.29, 1.82) is 0 Å². The second-order valence-corrected chi connectivity index (χ2v) is 6.31. The summed E-state index contributed by atoms with van der Waals surface area (Å²) < 4.78 is 65.9. The highest BCUT2D eigenvalue weighted by molar-refractivity contribution is 6.10. The molecule has 0 amide bonds. The summed E-state index contributed by atoms with van der Waals surface area (Å²) in [5.41, 5.74) is 4.72. The Balaban J connectivity index is 2.02. The summed E-state index contributed by atoms with van der Waals surface area (Å²) in [6, 6.07) is 2.48. The number of nitrogens with zero attached hydrogens (tertiary/aromatic N) is 6. The fourth-order valence-electron chi connectivity index (χ4n) is 2.86. The first kappa shape index (κ1) is 21.0. The minimum Gasteiger partial charge on any atom is -0.368 e. The molecule has 0 saturated carbocycles. The maximum atomic E-state index is 14.2. The molecule has 32 heavy (non-hydrogen) atoms. The highest BCUT2D eigenvalue weighted by Gasteiger charge is 2.59. The Morgan fingerprint density at radius 3 is 2.53 bits per heavy atom. The molecule has 3 aromatic rings. The summed E-state index contributed by atoms with van der Waals surface area (Å²) in [7, 11) is 0. The Morgan fingerprint density at radius 1 is 1.19 bits per heavy atom. The van der Waals surface area contributed by atoms with E-state index in [2.05, 4.69) is 35.5 Å². The van der Waals surface area contributed by atoms with Crippen molar-refractivity contribution in [2.75, 3.05) is 11.1 Å². The van der Waals surface area contributed by atoms with E-state index in [9.17, 15) is 26.7 Å². The van der Waals surface area contributed by atoms with Crippen LogP contribution in [0.3, 0.4) is 0 Å². The molecule has 16 heteroatoms. The highest BCUT2D eigenvalue weighted by Crippen LogP contribution is 2.47. The van der Waals surface area contributed by atoms with Crippen molar-refractivity contribution in [3.05, 3.63) is 41.9 Å². The normalized spacial score (nSPS) is 17.6. The lowest BCUT2D eigenvalue weighted by molar-refractivity contribution is -0.217. The molecule has 0 saturated heterocycles. The number of fused-ring (bicyclic) bond motifs is 1. The number of hydrogen-bond donors (Lipinski definition) is 3. The molecule has 1 aliphatic heterocycles. The van der Waals surface area contributed by atoms with E-state index in [1.807, 2.05) is 0 Å². The van der Waals surface area contributed by atoms with Crippen LogP contribution in [0.1, 0.15) is 5.82 Å². The predicted octanol–water partition coefficient (Wildman–Crippen LogP) is 2.54. The van der Waals surface area contributed by atoms with Gasteiger partial charge in [0.1, 0.15) is 17.3 Å². The summed E-state index contributed by atoms with van der Waals surface area (Å²) in [5, 5.41) is 8.71. The molecule has 4 rings (SSSR count). The van der Waals surface area contributed by atoms with Gasteiger partial charge in [-0.05, 0) is 6.92 Å². The number of hydroxylamine groups is 1. The van der Waals surface area contributed by atoms with Crippen LogP contribution in [0.5, 0.6) is 0 Å². The number of aryl methyl sites for hydroxylation is 1. The monoisotopic (exact) mass is 456 g/mol. The molecule has 3 heterocycles. The van der Waals surface area contributed by atoms with Crippen molar-refractivity contribution in [3.8, 4) is 0 Å². The van der Waals surface area contributed by atoms with Gasteiger partial charge in [0.2, 0.25) is 11.6 Å². The third-order valence-corrected chi connectivity index (χ3v) is 4.11. The molecule has 11 nitrogen and oxygen atoms in total. The number of quaternary nitrogens is 1. The van der Waals surface area contributed by atoms with Crippen LogP contribution in [-0.4, -0.2) is 43.3 Å². The lowest BCUT2D eigenvalue weighted by Gasteiger charge is -2.28. The average Bonchev–Trinajstić information content (AvgIpc) is 3.29. The zero-order chi connectivity index (χ0) is 23.3. The second-order valence-electron chi connectivity index (χ2n) is 6.31.